The summed E-state index contributed by atoms with van der Waals surface area (Å²) >= 11 is 0. The maximum atomic E-state index is 11.7. The van der Waals surface area contributed by atoms with Gasteiger partial charge in [0, 0.05) is 12.8 Å². The lowest BCUT2D eigenvalue weighted by molar-refractivity contribution is -0.117. The lowest BCUT2D eigenvalue weighted by Gasteiger charge is -2.19. The Morgan fingerprint density at radius 2 is 1.83 bits per heavy atom. The molecule has 18 heavy (non-hydrogen) atoms. The number of benzene rings is 1. The predicted molar refractivity (Wildman–Crippen MR) is 75.7 cm³/mol. The molecule has 0 aliphatic heterocycles. The van der Waals surface area contributed by atoms with Crippen molar-refractivity contribution in [1.82, 2.24) is 0 Å². The zero-order valence-electron chi connectivity index (χ0n) is 11.4. The van der Waals surface area contributed by atoms with E-state index < -0.39 is 0 Å². The van der Waals surface area contributed by atoms with Crippen LogP contribution in [0, 0.1) is 5.92 Å². The van der Waals surface area contributed by atoms with Crippen LogP contribution in [0.2, 0.25) is 0 Å². The van der Waals surface area contributed by atoms with Crippen LogP contribution in [0.15, 0.2) is 30.3 Å². The van der Waals surface area contributed by atoms with Crippen molar-refractivity contribution in [1.29, 1.82) is 0 Å². The van der Waals surface area contributed by atoms with Crippen molar-refractivity contribution in [2.75, 3.05) is 0 Å². The molecule has 0 amide bonds. The van der Waals surface area contributed by atoms with Crippen LogP contribution in [-0.2, 0) is 4.79 Å². The fourth-order valence-electron chi connectivity index (χ4n) is 3.16. The summed E-state index contributed by atoms with van der Waals surface area (Å²) in [6.07, 6.45) is 8.03. The first-order valence-corrected chi connectivity index (χ1v) is 7.38. The number of carbonyl (C=O) groups is 1. The Morgan fingerprint density at radius 3 is 2.56 bits per heavy atom. The van der Waals surface area contributed by atoms with Gasteiger partial charge in [-0.05, 0) is 23.8 Å². The van der Waals surface area contributed by atoms with E-state index in [9.17, 15) is 4.79 Å². The lowest BCUT2D eigenvalue weighted by atomic mass is 9.85. The van der Waals surface area contributed by atoms with Crippen molar-refractivity contribution in [2.24, 2.45) is 5.92 Å². The molecule has 1 fully saturated rings. The van der Waals surface area contributed by atoms with Crippen LogP contribution in [0.25, 0.3) is 0 Å². The first-order valence-electron chi connectivity index (χ1n) is 7.38. The minimum atomic E-state index is 0.462. The second kappa shape index (κ2) is 6.72. The third-order valence-electron chi connectivity index (χ3n) is 4.16. The second-order valence-electron chi connectivity index (χ2n) is 5.57. The highest BCUT2D eigenvalue weighted by Gasteiger charge is 2.33. The summed E-state index contributed by atoms with van der Waals surface area (Å²) in [6.45, 7) is 2.24. The van der Waals surface area contributed by atoms with E-state index in [0.717, 1.165) is 12.8 Å². The first kappa shape index (κ1) is 13.3. The molecule has 0 aromatic heterocycles. The minimum Gasteiger partial charge on any atom is -0.300 e. The van der Waals surface area contributed by atoms with Gasteiger partial charge in [0.1, 0.15) is 5.78 Å². The van der Waals surface area contributed by atoms with E-state index in [1.807, 2.05) is 0 Å². The van der Waals surface area contributed by atoms with E-state index >= 15 is 0 Å². The van der Waals surface area contributed by atoms with Gasteiger partial charge in [0.15, 0.2) is 0 Å². The van der Waals surface area contributed by atoms with Gasteiger partial charge in [-0.1, -0.05) is 62.9 Å². The molecule has 1 aliphatic carbocycles. The van der Waals surface area contributed by atoms with Crippen LogP contribution in [0.5, 0.6) is 0 Å². The molecule has 1 aliphatic rings. The number of ketones is 1. The van der Waals surface area contributed by atoms with Crippen molar-refractivity contribution in [3.63, 3.8) is 0 Å². The van der Waals surface area contributed by atoms with E-state index in [0.29, 0.717) is 17.6 Å². The Morgan fingerprint density at radius 1 is 1.06 bits per heavy atom. The summed E-state index contributed by atoms with van der Waals surface area (Å²) in [4.78, 5) is 11.7. The molecule has 0 spiro atoms. The zero-order valence-corrected chi connectivity index (χ0v) is 11.4. The quantitative estimate of drug-likeness (QED) is 0.662. The monoisotopic (exact) mass is 244 g/mol. The molecule has 1 nitrogen and oxygen atoms in total. The van der Waals surface area contributed by atoms with Crippen molar-refractivity contribution in [3.8, 4) is 0 Å². The average molecular weight is 244 g/mol. The van der Waals surface area contributed by atoms with Gasteiger partial charge in [-0.15, -0.1) is 0 Å². The van der Waals surface area contributed by atoms with Crippen LogP contribution in [0.1, 0.15) is 63.4 Å². The summed E-state index contributed by atoms with van der Waals surface area (Å²) in [5.74, 6) is 1.54. The van der Waals surface area contributed by atoms with Gasteiger partial charge in [0.25, 0.3) is 0 Å². The van der Waals surface area contributed by atoms with Gasteiger partial charge in [0.05, 0.1) is 0 Å². The summed E-state index contributed by atoms with van der Waals surface area (Å²) in [5.41, 5.74) is 1.36. The van der Waals surface area contributed by atoms with E-state index in [4.69, 9.17) is 0 Å². The highest BCUT2D eigenvalue weighted by Crippen LogP contribution is 2.40. The molecule has 0 heterocycles. The SMILES string of the molecule is CCCCCC[C@H]1CC(=O)C[C@@H]1c1ccccc1. The van der Waals surface area contributed by atoms with Gasteiger partial charge >= 0.3 is 0 Å². The van der Waals surface area contributed by atoms with Crippen molar-refractivity contribution in [3.05, 3.63) is 35.9 Å². The van der Waals surface area contributed by atoms with E-state index in [1.165, 1.54) is 37.7 Å². The number of unbranched alkanes of at least 4 members (excludes halogenated alkanes) is 3. The zero-order chi connectivity index (χ0) is 12.8. The third kappa shape index (κ3) is 3.44. The highest BCUT2D eigenvalue weighted by atomic mass is 16.1. The van der Waals surface area contributed by atoms with Crippen molar-refractivity contribution in [2.45, 2.75) is 57.8 Å². The highest BCUT2D eigenvalue weighted by molar-refractivity contribution is 5.82. The molecule has 1 aromatic carbocycles. The third-order valence-corrected chi connectivity index (χ3v) is 4.16. The van der Waals surface area contributed by atoms with Crippen LogP contribution in [0.4, 0.5) is 0 Å². The van der Waals surface area contributed by atoms with Crippen LogP contribution >= 0.6 is 0 Å². The Kier molecular flexibility index (Phi) is 4.98. The van der Waals surface area contributed by atoms with E-state index in [2.05, 4.69) is 37.3 Å². The van der Waals surface area contributed by atoms with Crippen molar-refractivity contribution < 1.29 is 4.79 Å². The Bertz CT molecular complexity index is 368. The summed E-state index contributed by atoms with van der Waals surface area (Å²) in [6, 6.07) is 10.6. The molecule has 0 saturated heterocycles. The second-order valence-corrected chi connectivity index (χ2v) is 5.57. The minimum absolute atomic E-state index is 0.462. The summed E-state index contributed by atoms with van der Waals surface area (Å²) < 4.78 is 0. The smallest absolute Gasteiger partial charge is 0.133 e. The lowest BCUT2D eigenvalue weighted by Crippen LogP contribution is -2.06. The molecular weight excluding hydrogens is 220 g/mol. The maximum absolute atomic E-state index is 11.7. The van der Waals surface area contributed by atoms with Gasteiger partial charge in [0.2, 0.25) is 0 Å². The van der Waals surface area contributed by atoms with Crippen LogP contribution < -0.4 is 0 Å². The number of hydrogen-bond acceptors (Lipinski definition) is 1. The Balaban J connectivity index is 1.93. The van der Waals surface area contributed by atoms with E-state index in [1.54, 1.807) is 0 Å². The Labute approximate surface area is 111 Å². The molecule has 0 bridgehead atoms. The first-order chi connectivity index (χ1) is 8.81. The molecule has 98 valence electrons. The number of Topliss-reactive ketones (excluding diaryl/α,β-unsaturated/α-hetero) is 1. The fraction of sp³-hybridized carbons (Fsp3) is 0.588. The van der Waals surface area contributed by atoms with Crippen molar-refractivity contribution >= 4 is 5.78 Å². The summed E-state index contributed by atoms with van der Waals surface area (Å²) in [7, 11) is 0. The molecule has 0 radical (unpaired) electrons. The van der Waals surface area contributed by atoms with Crippen LogP contribution in [-0.4, -0.2) is 5.78 Å². The molecule has 0 N–H and O–H groups in total. The Hall–Kier alpha value is -1.11. The largest absolute Gasteiger partial charge is 0.300 e. The number of carbonyl (C=O) groups excluding carboxylic acids is 1. The normalized spacial score (nSPS) is 23.5. The molecule has 1 aromatic rings. The molecule has 2 rings (SSSR count). The molecule has 2 atom stereocenters. The predicted octanol–water partition coefficient (Wildman–Crippen LogP) is 4.72. The topological polar surface area (TPSA) is 17.1 Å². The van der Waals surface area contributed by atoms with Gasteiger partial charge in [-0.3, -0.25) is 4.79 Å². The maximum Gasteiger partial charge on any atom is 0.133 e. The summed E-state index contributed by atoms with van der Waals surface area (Å²) in [5, 5.41) is 0. The molecular formula is C17H24O. The molecule has 1 heteroatoms. The van der Waals surface area contributed by atoms with Crippen LogP contribution in [0.3, 0.4) is 0 Å². The standard InChI is InChI=1S/C17H24O/c1-2-3-4-6-11-15-12-16(18)13-17(15)14-9-7-5-8-10-14/h5,7-10,15,17H,2-4,6,11-13H2,1H3/t15-,17+/m0/s1. The molecule has 0 unspecified atom stereocenters. The number of rotatable bonds is 6. The van der Waals surface area contributed by atoms with Gasteiger partial charge < -0.3 is 0 Å². The van der Waals surface area contributed by atoms with Gasteiger partial charge in [-0.2, -0.15) is 0 Å². The fourth-order valence-corrected chi connectivity index (χ4v) is 3.16. The number of hydrogen-bond donors (Lipinski definition) is 0. The van der Waals surface area contributed by atoms with Gasteiger partial charge in [-0.25, -0.2) is 0 Å². The average Bonchev–Trinajstić information content (AvgIpc) is 2.77. The molecule has 1 saturated carbocycles. The van der Waals surface area contributed by atoms with E-state index in [-0.39, 0.29) is 0 Å².